The molecule has 0 aliphatic rings. The van der Waals surface area contributed by atoms with Crippen LogP contribution in [0.5, 0.6) is 5.75 Å². The Hall–Kier alpha value is -2.34. The van der Waals surface area contributed by atoms with Gasteiger partial charge in [0.15, 0.2) is 6.61 Å². The first-order chi connectivity index (χ1) is 13.8. The number of nitrogens with one attached hydrogen (secondary N) is 1. The number of ether oxygens (including phenoxy) is 1. The van der Waals surface area contributed by atoms with Crippen molar-refractivity contribution in [2.75, 3.05) is 13.2 Å². The van der Waals surface area contributed by atoms with Gasteiger partial charge < -0.3 is 15.0 Å². The van der Waals surface area contributed by atoms with Crippen molar-refractivity contribution in [3.05, 3.63) is 63.6 Å². The predicted molar refractivity (Wildman–Crippen MR) is 119 cm³/mol. The summed E-state index contributed by atoms with van der Waals surface area (Å²) < 4.78 is 6.73. The van der Waals surface area contributed by atoms with Crippen LogP contribution in [0, 0.1) is 13.8 Å². The van der Waals surface area contributed by atoms with Gasteiger partial charge in [0.05, 0.1) is 0 Å². The van der Waals surface area contributed by atoms with Gasteiger partial charge in [-0.2, -0.15) is 0 Å². The van der Waals surface area contributed by atoms with E-state index in [2.05, 4.69) is 21.2 Å². The minimum Gasteiger partial charge on any atom is -0.483 e. The highest BCUT2D eigenvalue weighted by Gasteiger charge is 2.26. The van der Waals surface area contributed by atoms with E-state index in [1.54, 1.807) is 11.8 Å². The van der Waals surface area contributed by atoms with Gasteiger partial charge in [-0.05, 0) is 62.1 Å². The van der Waals surface area contributed by atoms with E-state index in [1.165, 1.54) is 0 Å². The summed E-state index contributed by atoms with van der Waals surface area (Å²) >= 11 is 3.46. The van der Waals surface area contributed by atoms with Gasteiger partial charge >= 0.3 is 0 Å². The molecule has 0 saturated heterocycles. The van der Waals surface area contributed by atoms with Gasteiger partial charge in [-0.3, -0.25) is 9.59 Å². The molecule has 0 heterocycles. The van der Waals surface area contributed by atoms with Crippen molar-refractivity contribution in [2.24, 2.45) is 0 Å². The molecule has 0 saturated carbocycles. The minimum absolute atomic E-state index is 0.121. The summed E-state index contributed by atoms with van der Waals surface area (Å²) in [5.41, 5.74) is 3.05. The summed E-state index contributed by atoms with van der Waals surface area (Å²) in [4.78, 5) is 27.1. The van der Waals surface area contributed by atoms with Gasteiger partial charge in [-0.25, -0.2) is 0 Å². The number of carbonyl (C=O) groups excluding carboxylic acids is 2. The van der Waals surface area contributed by atoms with Gasteiger partial charge in [-0.1, -0.05) is 47.1 Å². The molecule has 0 aliphatic carbocycles. The van der Waals surface area contributed by atoms with Crippen LogP contribution in [0.15, 0.2) is 46.9 Å². The van der Waals surface area contributed by atoms with E-state index < -0.39 is 6.04 Å². The number of aryl methyl sites for hydroxylation is 1. The smallest absolute Gasteiger partial charge is 0.261 e. The van der Waals surface area contributed by atoms with Crippen molar-refractivity contribution in [2.45, 2.75) is 46.7 Å². The molecule has 29 heavy (non-hydrogen) atoms. The molecule has 5 nitrogen and oxygen atoms in total. The Kier molecular flexibility index (Phi) is 8.70. The number of amides is 2. The molecule has 6 heteroatoms. The fourth-order valence-electron chi connectivity index (χ4n) is 2.91. The zero-order chi connectivity index (χ0) is 21.4. The van der Waals surface area contributed by atoms with E-state index in [0.29, 0.717) is 18.8 Å². The van der Waals surface area contributed by atoms with Crippen LogP contribution in [-0.2, 0) is 16.1 Å². The molecule has 0 aliphatic heterocycles. The molecule has 1 N–H and O–H groups in total. The number of hydrogen-bond acceptors (Lipinski definition) is 3. The highest BCUT2D eigenvalue weighted by atomic mass is 79.9. The van der Waals surface area contributed by atoms with E-state index in [1.807, 2.05) is 63.2 Å². The maximum absolute atomic E-state index is 13.0. The summed E-state index contributed by atoms with van der Waals surface area (Å²) in [6, 6.07) is 12.9. The van der Waals surface area contributed by atoms with Crippen molar-refractivity contribution in [1.29, 1.82) is 0 Å². The third kappa shape index (κ3) is 6.60. The number of halogens is 1. The van der Waals surface area contributed by atoms with E-state index in [0.717, 1.165) is 27.6 Å². The third-order valence-electron chi connectivity index (χ3n) is 4.86. The normalized spacial score (nSPS) is 11.6. The monoisotopic (exact) mass is 460 g/mol. The lowest BCUT2D eigenvalue weighted by Crippen LogP contribution is -2.49. The van der Waals surface area contributed by atoms with E-state index in [9.17, 15) is 9.59 Å². The van der Waals surface area contributed by atoms with Crippen molar-refractivity contribution in [3.8, 4) is 5.75 Å². The Labute approximate surface area is 181 Å². The summed E-state index contributed by atoms with van der Waals surface area (Å²) in [6.45, 7) is 8.51. The largest absolute Gasteiger partial charge is 0.483 e. The standard InChI is InChI=1S/C23H29BrN2O3/c1-5-12-25-23(28)18(4)26(14-19-9-7-10-20(24)13-19)22(27)15-29-21-11-6-8-16(2)17(21)3/h6-11,13,18H,5,12,14-15H2,1-4H3,(H,25,28)/t18-/m1/s1. The molecule has 0 radical (unpaired) electrons. The van der Waals surface area contributed by atoms with Crippen LogP contribution in [-0.4, -0.2) is 35.9 Å². The van der Waals surface area contributed by atoms with Crippen LogP contribution in [0.2, 0.25) is 0 Å². The van der Waals surface area contributed by atoms with Crippen LogP contribution in [0.25, 0.3) is 0 Å². The molecule has 0 spiro atoms. The molecule has 2 rings (SSSR count). The average Bonchev–Trinajstić information content (AvgIpc) is 2.70. The summed E-state index contributed by atoms with van der Waals surface area (Å²) in [5.74, 6) is 0.288. The maximum Gasteiger partial charge on any atom is 0.261 e. The first-order valence-electron chi connectivity index (χ1n) is 9.84. The molecule has 0 unspecified atom stereocenters. The molecule has 0 fully saturated rings. The second-order valence-electron chi connectivity index (χ2n) is 7.11. The Morgan fingerprint density at radius 3 is 2.59 bits per heavy atom. The fraction of sp³-hybridized carbons (Fsp3) is 0.391. The second-order valence-corrected chi connectivity index (χ2v) is 8.02. The van der Waals surface area contributed by atoms with E-state index in [-0.39, 0.29) is 18.4 Å². The third-order valence-corrected chi connectivity index (χ3v) is 5.36. The summed E-state index contributed by atoms with van der Waals surface area (Å²) in [7, 11) is 0. The first-order valence-corrected chi connectivity index (χ1v) is 10.6. The lowest BCUT2D eigenvalue weighted by Gasteiger charge is -2.29. The summed E-state index contributed by atoms with van der Waals surface area (Å²) in [5, 5.41) is 2.87. The molecule has 2 amide bonds. The highest BCUT2D eigenvalue weighted by Crippen LogP contribution is 2.21. The number of benzene rings is 2. The molecule has 0 bridgehead atoms. The SMILES string of the molecule is CCCNC(=O)[C@@H](C)N(Cc1cccc(Br)c1)C(=O)COc1cccc(C)c1C. The minimum atomic E-state index is -0.602. The zero-order valence-electron chi connectivity index (χ0n) is 17.5. The van der Waals surface area contributed by atoms with Crippen LogP contribution in [0.1, 0.15) is 37.0 Å². The van der Waals surface area contributed by atoms with Crippen LogP contribution < -0.4 is 10.1 Å². The molecular formula is C23H29BrN2O3. The summed E-state index contributed by atoms with van der Waals surface area (Å²) in [6.07, 6.45) is 0.841. The van der Waals surface area contributed by atoms with E-state index >= 15 is 0 Å². The van der Waals surface area contributed by atoms with Gasteiger partial charge in [0.25, 0.3) is 5.91 Å². The predicted octanol–water partition coefficient (Wildman–Crippen LogP) is 4.39. The number of rotatable bonds is 9. The van der Waals surface area contributed by atoms with Gasteiger partial charge in [0.1, 0.15) is 11.8 Å². The molecule has 0 aromatic heterocycles. The second kappa shape index (κ2) is 11.0. The quantitative estimate of drug-likeness (QED) is 0.603. The molecular weight excluding hydrogens is 432 g/mol. The van der Waals surface area contributed by atoms with Gasteiger partial charge in [0.2, 0.25) is 5.91 Å². The Morgan fingerprint density at radius 2 is 1.90 bits per heavy atom. The van der Waals surface area contributed by atoms with Crippen LogP contribution in [0.3, 0.4) is 0 Å². The van der Waals surface area contributed by atoms with Crippen molar-refractivity contribution >= 4 is 27.7 Å². The maximum atomic E-state index is 13.0. The number of nitrogens with zero attached hydrogens (tertiary/aromatic N) is 1. The molecule has 156 valence electrons. The molecule has 1 atom stereocenters. The highest BCUT2D eigenvalue weighted by molar-refractivity contribution is 9.10. The Bertz CT molecular complexity index is 854. The number of hydrogen-bond donors (Lipinski definition) is 1. The topological polar surface area (TPSA) is 58.6 Å². The van der Waals surface area contributed by atoms with Crippen molar-refractivity contribution in [3.63, 3.8) is 0 Å². The molecule has 2 aromatic carbocycles. The van der Waals surface area contributed by atoms with Crippen LogP contribution >= 0.6 is 15.9 Å². The van der Waals surface area contributed by atoms with Gasteiger partial charge in [0, 0.05) is 17.6 Å². The zero-order valence-corrected chi connectivity index (χ0v) is 19.1. The van der Waals surface area contributed by atoms with Gasteiger partial charge in [-0.15, -0.1) is 0 Å². The lowest BCUT2D eigenvalue weighted by molar-refractivity contribution is -0.142. The first kappa shape index (κ1) is 22.9. The Balaban J connectivity index is 2.17. The number of carbonyl (C=O) groups is 2. The van der Waals surface area contributed by atoms with Crippen LogP contribution in [0.4, 0.5) is 0 Å². The van der Waals surface area contributed by atoms with Crippen molar-refractivity contribution in [1.82, 2.24) is 10.2 Å². The Morgan fingerprint density at radius 1 is 1.17 bits per heavy atom. The molecule has 2 aromatic rings. The van der Waals surface area contributed by atoms with Crippen molar-refractivity contribution < 1.29 is 14.3 Å². The van der Waals surface area contributed by atoms with E-state index in [4.69, 9.17) is 4.74 Å². The lowest BCUT2D eigenvalue weighted by atomic mass is 10.1. The fourth-order valence-corrected chi connectivity index (χ4v) is 3.36. The average molecular weight is 461 g/mol.